The van der Waals surface area contributed by atoms with Gasteiger partial charge in [0, 0.05) is 12.0 Å². The molecule has 0 aliphatic heterocycles. The van der Waals surface area contributed by atoms with E-state index in [0.717, 1.165) is 46.6 Å². The van der Waals surface area contributed by atoms with Gasteiger partial charge in [-0.25, -0.2) is 4.79 Å². The molecule has 2 atom stereocenters. The van der Waals surface area contributed by atoms with E-state index in [2.05, 4.69) is 12.2 Å². The van der Waals surface area contributed by atoms with Gasteiger partial charge in [-0.15, -0.1) is 0 Å². The fourth-order valence-corrected chi connectivity index (χ4v) is 4.06. The van der Waals surface area contributed by atoms with Crippen LogP contribution in [0.25, 0.3) is 11.1 Å². The Morgan fingerprint density at radius 3 is 2.49 bits per heavy atom. The smallest absolute Gasteiger partial charge is 0.326 e. The van der Waals surface area contributed by atoms with Gasteiger partial charge < -0.3 is 19.6 Å². The van der Waals surface area contributed by atoms with Gasteiger partial charge in [0.05, 0.1) is 6.61 Å². The summed E-state index contributed by atoms with van der Waals surface area (Å²) in [5.41, 5.74) is 4.04. The van der Waals surface area contributed by atoms with Crippen LogP contribution in [-0.4, -0.2) is 23.0 Å². The number of hydrogen-bond donors (Lipinski definition) is 2. The van der Waals surface area contributed by atoms with Crippen molar-refractivity contribution >= 4 is 11.9 Å². The lowest BCUT2D eigenvalue weighted by molar-refractivity contribution is -0.139. The number of hydrogen-bond acceptors (Lipinski definition) is 4. The Hall–Kier alpha value is -3.38. The molecule has 0 saturated carbocycles. The van der Waals surface area contributed by atoms with Gasteiger partial charge in [0.2, 0.25) is 0 Å². The molecule has 3 aromatic rings. The Balaban J connectivity index is 1.85. The molecule has 0 aliphatic rings. The number of aliphatic carboxylic acids is 1. The summed E-state index contributed by atoms with van der Waals surface area (Å²) in [6.45, 7) is 8.30. The highest BCUT2D eigenvalue weighted by molar-refractivity contribution is 6.02. The first kappa shape index (κ1) is 26.2. The van der Waals surface area contributed by atoms with E-state index in [9.17, 15) is 14.7 Å². The first-order valence-corrected chi connectivity index (χ1v) is 12.3. The van der Waals surface area contributed by atoms with Gasteiger partial charge in [-0.1, -0.05) is 50.6 Å². The second-order valence-corrected chi connectivity index (χ2v) is 8.86. The number of carboxylic acids is 1. The van der Waals surface area contributed by atoms with Crippen LogP contribution in [0.1, 0.15) is 79.1 Å². The molecule has 2 aromatic carbocycles. The van der Waals surface area contributed by atoms with Crippen molar-refractivity contribution < 1.29 is 23.8 Å². The Bertz CT molecular complexity index is 1150. The van der Waals surface area contributed by atoms with E-state index in [1.165, 1.54) is 0 Å². The highest BCUT2D eigenvalue weighted by Crippen LogP contribution is 2.29. The first-order valence-electron chi connectivity index (χ1n) is 12.3. The zero-order valence-electron chi connectivity index (χ0n) is 21.0. The number of nitrogens with one attached hydrogen (secondary N) is 1. The van der Waals surface area contributed by atoms with Crippen molar-refractivity contribution in [2.75, 3.05) is 0 Å². The SMILES string of the molecule is CCCc1ccc(C(C)OCc2ccc(C(=O)NC(CCC)C(=O)O)c(-c3ccccc3C)c2)o1. The molecular formula is C29H35NO5. The Labute approximate surface area is 207 Å². The van der Waals surface area contributed by atoms with E-state index in [1.807, 2.05) is 69.3 Å². The van der Waals surface area contributed by atoms with Crippen LogP contribution in [0.15, 0.2) is 59.0 Å². The molecule has 1 amide bonds. The molecule has 0 aliphatic carbocycles. The standard InChI is InChI=1S/C29H35NO5/c1-5-9-22-14-16-27(35-22)20(4)34-18-21-13-15-24(28(31)30-26(10-6-2)29(32)33)25(17-21)23-12-8-7-11-19(23)3/h7-8,11-17,20,26H,5-6,9-10,18H2,1-4H3,(H,30,31)(H,32,33). The van der Waals surface area contributed by atoms with Crippen molar-refractivity contribution in [2.45, 2.75) is 72.1 Å². The second kappa shape index (κ2) is 12.4. The average molecular weight is 478 g/mol. The molecule has 0 saturated heterocycles. The van der Waals surface area contributed by atoms with Crippen LogP contribution >= 0.6 is 0 Å². The zero-order chi connectivity index (χ0) is 25.4. The summed E-state index contributed by atoms with van der Waals surface area (Å²) in [5.74, 6) is 0.317. The lowest BCUT2D eigenvalue weighted by atomic mass is 9.93. The predicted molar refractivity (Wildman–Crippen MR) is 136 cm³/mol. The third-order valence-electron chi connectivity index (χ3n) is 6.02. The summed E-state index contributed by atoms with van der Waals surface area (Å²) in [5, 5.41) is 12.2. The van der Waals surface area contributed by atoms with E-state index in [-0.39, 0.29) is 6.10 Å². The quantitative estimate of drug-likeness (QED) is 0.312. The average Bonchev–Trinajstić information content (AvgIpc) is 3.31. The largest absolute Gasteiger partial charge is 0.480 e. The Morgan fingerprint density at radius 2 is 1.80 bits per heavy atom. The third kappa shape index (κ3) is 6.83. The maximum Gasteiger partial charge on any atom is 0.326 e. The fraction of sp³-hybridized carbons (Fsp3) is 0.379. The van der Waals surface area contributed by atoms with Gasteiger partial charge in [0.1, 0.15) is 23.7 Å². The molecule has 186 valence electrons. The minimum atomic E-state index is -1.03. The molecule has 3 rings (SSSR count). The molecule has 1 aromatic heterocycles. The topological polar surface area (TPSA) is 88.8 Å². The molecule has 1 heterocycles. The van der Waals surface area contributed by atoms with Gasteiger partial charge in [-0.2, -0.15) is 0 Å². The van der Waals surface area contributed by atoms with Crippen LogP contribution in [-0.2, 0) is 22.6 Å². The van der Waals surface area contributed by atoms with Crippen LogP contribution in [0.2, 0.25) is 0 Å². The van der Waals surface area contributed by atoms with Crippen LogP contribution in [0.4, 0.5) is 0 Å². The molecule has 0 radical (unpaired) electrons. The molecule has 0 spiro atoms. The summed E-state index contributed by atoms with van der Waals surface area (Å²) in [4.78, 5) is 24.7. The maximum atomic E-state index is 13.1. The van der Waals surface area contributed by atoms with Gasteiger partial charge >= 0.3 is 5.97 Å². The monoisotopic (exact) mass is 477 g/mol. The summed E-state index contributed by atoms with van der Waals surface area (Å²) < 4.78 is 12.0. The van der Waals surface area contributed by atoms with E-state index < -0.39 is 17.9 Å². The number of aryl methyl sites for hydroxylation is 2. The maximum absolute atomic E-state index is 13.1. The first-order chi connectivity index (χ1) is 16.8. The van der Waals surface area contributed by atoms with Crippen molar-refractivity contribution in [3.05, 3.63) is 82.8 Å². The van der Waals surface area contributed by atoms with Crippen molar-refractivity contribution in [3.63, 3.8) is 0 Å². The number of carboxylic acid groups (broad SMARTS) is 1. The van der Waals surface area contributed by atoms with Gasteiger partial charge in [-0.3, -0.25) is 4.79 Å². The Morgan fingerprint density at radius 1 is 1.03 bits per heavy atom. The number of furan rings is 1. The van der Waals surface area contributed by atoms with Crippen molar-refractivity contribution in [1.82, 2.24) is 5.32 Å². The number of rotatable bonds is 12. The number of ether oxygens (including phenoxy) is 1. The molecule has 6 nitrogen and oxygen atoms in total. The normalized spacial score (nSPS) is 12.8. The summed E-state index contributed by atoms with van der Waals surface area (Å²) >= 11 is 0. The van der Waals surface area contributed by atoms with Gasteiger partial charge in [0.15, 0.2) is 0 Å². The lowest BCUT2D eigenvalue weighted by Crippen LogP contribution is -2.40. The van der Waals surface area contributed by atoms with Crippen LogP contribution in [0, 0.1) is 6.92 Å². The number of carbonyl (C=O) groups is 2. The van der Waals surface area contributed by atoms with E-state index in [4.69, 9.17) is 9.15 Å². The molecule has 2 N–H and O–H groups in total. The summed E-state index contributed by atoms with van der Waals surface area (Å²) in [6.07, 6.45) is 2.74. The minimum absolute atomic E-state index is 0.212. The van der Waals surface area contributed by atoms with E-state index >= 15 is 0 Å². The van der Waals surface area contributed by atoms with Gasteiger partial charge in [0.25, 0.3) is 5.91 Å². The fourth-order valence-electron chi connectivity index (χ4n) is 4.06. The van der Waals surface area contributed by atoms with Crippen molar-refractivity contribution in [1.29, 1.82) is 0 Å². The van der Waals surface area contributed by atoms with E-state index in [0.29, 0.717) is 25.0 Å². The number of benzene rings is 2. The molecule has 35 heavy (non-hydrogen) atoms. The second-order valence-electron chi connectivity index (χ2n) is 8.86. The highest BCUT2D eigenvalue weighted by Gasteiger charge is 2.22. The molecule has 0 bridgehead atoms. The van der Waals surface area contributed by atoms with Crippen LogP contribution in [0.5, 0.6) is 0 Å². The third-order valence-corrected chi connectivity index (χ3v) is 6.02. The van der Waals surface area contributed by atoms with Crippen molar-refractivity contribution in [2.24, 2.45) is 0 Å². The lowest BCUT2D eigenvalue weighted by Gasteiger charge is -2.18. The summed E-state index contributed by atoms with van der Waals surface area (Å²) in [7, 11) is 0. The molecule has 6 heteroatoms. The van der Waals surface area contributed by atoms with Crippen molar-refractivity contribution in [3.8, 4) is 11.1 Å². The van der Waals surface area contributed by atoms with E-state index in [1.54, 1.807) is 6.07 Å². The summed E-state index contributed by atoms with van der Waals surface area (Å²) in [6, 6.07) is 16.4. The zero-order valence-corrected chi connectivity index (χ0v) is 21.0. The molecule has 0 fully saturated rings. The highest BCUT2D eigenvalue weighted by atomic mass is 16.5. The van der Waals surface area contributed by atoms with Crippen LogP contribution in [0.3, 0.4) is 0 Å². The number of amides is 1. The van der Waals surface area contributed by atoms with Gasteiger partial charge in [-0.05, 0) is 73.2 Å². The van der Waals surface area contributed by atoms with Crippen LogP contribution < -0.4 is 5.32 Å². The molecule has 2 unspecified atom stereocenters. The molecular weight excluding hydrogens is 442 g/mol. The Kier molecular flexibility index (Phi) is 9.26. The predicted octanol–water partition coefficient (Wildman–Crippen LogP) is 6.47. The minimum Gasteiger partial charge on any atom is -0.480 e. The number of carbonyl (C=O) groups excluding carboxylic acids is 1.